The highest BCUT2D eigenvalue weighted by molar-refractivity contribution is 7.96. The molecule has 1 aliphatic heterocycles. The minimum Gasteiger partial charge on any atom is -0.457 e. The molecule has 1 aromatic heterocycles. The summed E-state index contributed by atoms with van der Waals surface area (Å²) in [5.41, 5.74) is 8.27. The molecule has 7 nitrogen and oxygen atoms in total. The summed E-state index contributed by atoms with van der Waals surface area (Å²) >= 11 is 3.18. The standard InChI is InChI=1S/C25H30N4O3S2/c1-2-25(16-30,17-31)15-27-21-12-29(13-22-23(21)28-24(26)34-22)33-14-18-7-6-10-20(11-18)32-19-8-4-3-5-9-19/h3-12,27,30-31H,2,13-17H2,1H3,(H2,26,28). The number of fused-ring (bicyclic) bond motifs is 1. The number of nitrogens with zero attached hydrogens (tertiary/aromatic N) is 2. The number of aliphatic hydroxyl groups is 2. The molecule has 0 unspecified atom stereocenters. The first-order valence-corrected chi connectivity index (χ1v) is 12.9. The van der Waals surface area contributed by atoms with Crippen LogP contribution in [0.15, 0.2) is 60.8 Å². The molecule has 180 valence electrons. The van der Waals surface area contributed by atoms with Gasteiger partial charge < -0.3 is 30.3 Å². The number of anilines is 1. The number of nitrogens with one attached hydrogen (secondary N) is 1. The molecule has 5 N–H and O–H groups in total. The summed E-state index contributed by atoms with van der Waals surface area (Å²) in [5.74, 6) is 2.39. The Bertz CT molecular complexity index is 1110. The SMILES string of the molecule is CCC(CO)(CO)CNC1=CN(SCc2cccc(Oc3ccccc3)c2)Cc2sc(N)nc21. The molecule has 34 heavy (non-hydrogen) atoms. The van der Waals surface area contributed by atoms with Crippen LogP contribution in [-0.4, -0.2) is 39.3 Å². The predicted octanol–water partition coefficient (Wildman–Crippen LogP) is 4.45. The first kappa shape index (κ1) is 24.4. The number of ether oxygens (including phenoxy) is 1. The van der Waals surface area contributed by atoms with E-state index in [2.05, 4.69) is 26.7 Å². The number of rotatable bonds is 11. The molecule has 0 atom stereocenters. The van der Waals surface area contributed by atoms with Crippen molar-refractivity contribution < 1.29 is 14.9 Å². The molecule has 3 aromatic rings. The first-order chi connectivity index (χ1) is 16.5. The summed E-state index contributed by atoms with van der Waals surface area (Å²) in [6.07, 6.45) is 2.69. The Morgan fingerprint density at radius 1 is 1.15 bits per heavy atom. The second kappa shape index (κ2) is 11.1. The number of para-hydroxylation sites is 1. The van der Waals surface area contributed by atoms with Crippen LogP contribution >= 0.6 is 23.3 Å². The normalized spacial score (nSPS) is 13.4. The summed E-state index contributed by atoms with van der Waals surface area (Å²) in [6, 6.07) is 17.9. The average molecular weight is 499 g/mol. The second-order valence-corrected chi connectivity index (χ2v) is 10.4. The summed E-state index contributed by atoms with van der Waals surface area (Å²) in [5, 5.41) is 23.5. The molecule has 0 radical (unpaired) electrons. The Balaban J connectivity index is 1.44. The zero-order valence-corrected chi connectivity index (χ0v) is 20.7. The predicted molar refractivity (Wildman–Crippen MR) is 139 cm³/mol. The van der Waals surface area contributed by atoms with E-state index in [1.807, 2.05) is 55.6 Å². The fraction of sp³-hybridized carbons (Fsp3) is 0.320. The van der Waals surface area contributed by atoms with Crippen molar-refractivity contribution in [2.45, 2.75) is 25.6 Å². The van der Waals surface area contributed by atoms with Gasteiger partial charge in [-0.05, 0) is 48.2 Å². The van der Waals surface area contributed by atoms with Crippen molar-refractivity contribution in [3.05, 3.63) is 76.9 Å². The van der Waals surface area contributed by atoms with E-state index in [1.54, 1.807) is 11.9 Å². The fourth-order valence-electron chi connectivity index (χ4n) is 3.57. The van der Waals surface area contributed by atoms with Crippen molar-refractivity contribution in [3.8, 4) is 11.5 Å². The molecule has 0 saturated carbocycles. The lowest BCUT2D eigenvalue weighted by molar-refractivity contribution is 0.0543. The van der Waals surface area contributed by atoms with Gasteiger partial charge in [-0.3, -0.25) is 0 Å². The Morgan fingerprint density at radius 3 is 2.65 bits per heavy atom. The summed E-state index contributed by atoms with van der Waals surface area (Å²) in [6.45, 7) is 2.93. The lowest BCUT2D eigenvalue weighted by Crippen LogP contribution is -2.40. The lowest BCUT2D eigenvalue weighted by Gasteiger charge is -2.31. The third kappa shape index (κ3) is 5.85. The summed E-state index contributed by atoms with van der Waals surface area (Å²) in [4.78, 5) is 5.59. The Kier molecular flexibility index (Phi) is 7.99. The van der Waals surface area contributed by atoms with Gasteiger partial charge in [0.1, 0.15) is 17.2 Å². The van der Waals surface area contributed by atoms with Gasteiger partial charge in [0.15, 0.2) is 5.13 Å². The minimum atomic E-state index is -0.586. The van der Waals surface area contributed by atoms with Gasteiger partial charge in [0, 0.05) is 23.9 Å². The van der Waals surface area contributed by atoms with Gasteiger partial charge in [-0.1, -0.05) is 48.6 Å². The number of aliphatic hydroxyl groups excluding tert-OH is 2. The molecule has 4 rings (SSSR count). The number of nitrogen functional groups attached to an aromatic ring is 1. The van der Waals surface area contributed by atoms with Gasteiger partial charge in [-0.25, -0.2) is 4.98 Å². The van der Waals surface area contributed by atoms with Gasteiger partial charge in [-0.2, -0.15) is 0 Å². The lowest BCUT2D eigenvalue weighted by atomic mass is 9.87. The van der Waals surface area contributed by atoms with Crippen LogP contribution in [0.3, 0.4) is 0 Å². The van der Waals surface area contributed by atoms with Crippen LogP contribution in [0.2, 0.25) is 0 Å². The maximum atomic E-state index is 9.81. The van der Waals surface area contributed by atoms with Crippen LogP contribution in [0.5, 0.6) is 11.5 Å². The number of benzene rings is 2. The van der Waals surface area contributed by atoms with E-state index in [0.29, 0.717) is 24.6 Å². The van der Waals surface area contributed by atoms with Crippen molar-refractivity contribution in [1.29, 1.82) is 0 Å². The van der Waals surface area contributed by atoms with Crippen LogP contribution in [0, 0.1) is 5.41 Å². The van der Waals surface area contributed by atoms with Gasteiger partial charge >= 0.3 is 0 Å². The average Bonchev–Trinajstić information content (AvgIpc) is 3.25. The van der Waals surface area contributed by atoms with Crippen LogP contribution in [-0.2, 0) is 12.3 Å². The molecule has 9 heteroatoms. The molecule has 2 heterocycles. The molecule has 0 saturated heterocycles. The molecular weight excluding hydrogens is 468 g/mol. The third-order valence-electron chi connectivity index (χ3n) is 5.89. The zero-order valence-electron chi connectivity index (χ0n) is 19.1. The van der Waals surface area contributed by atoms with E-state index in [1.165, 1.54) is 11.3 Å². The monoisotopic (exact) mass is 498 g/mol. The Hall–Kier alpha value is -2.72. The van der Waals surface area contributed by atoms with Crippen LogP contribution < -0.4 is 15.8 Å². The van der Waals surface area contributed by atoms with E-state index < -0.39 is 5.41 Å². The highest BCUT2D eigenvalue weighted by Crippen LogP contribution is 2.35. The second-order valence-electron chi connectivity index (χ2n) is 8.30. The molecule has 0 bridgehead atoms. The summed E-state index contributed by atoms with van der Waals surface area (Å²) < 4.78 is 8.13. The topological polar surface area (TPSA) is 104 Å². The van der Waals surface area contributed by atoms with E-state index in [-0.39, 0.29) is 13.2 Å². The van der Waals surface area contributed by atoms with Gasteiger partial charge in [-0.15, -0.1) is 0 Å². The molecule has 0 aliphatic carbocycles. The number of hydrogen-bond acceptors (Lipinski definition) is 9. The quantitative estimate of drug-likeness (QED) is 0.288. The number of nitrogens with two attached hydrogens (primary N) is 1. The highest BCUT2D eigenvalue weighted by atomic mass is 32.2. The van der Waals surface area contributed by atoms with Crippen LogP contribution in [0.25, 0.3) is 5.70 Å². The van der Waals surface area contributed by atoms with Crippen molar-refractivity contribution >= 4 is 34.1 Å². The van der Waals surface area contributed by atoms with Crippen molar-refractivity contribution in [1.82, 2.24) is 14.6 Å². The number of thiazole rings is 1. The van der Waals surface area contributed by atoms with Crippen molar-refractivity contribution in [3.63, 3.8) is 0 Å². The summed E-state index contributed by atoms with van der Waals surface area (Å²) in [7, 11) is 0. The maximum absolute atomic E-state index is 9.81. The highest BCUT2D eigenvalue weighted by Gasteiger charge is 2.29. The van der Waals surface area contributed by atoms with E-state index in [0.717, 1.165) is 39.1 Å². The molecule has 0 spiro atoms. The molecule has 2 aromatic carbocycles. The third-order valence-corrected chi connectivity index (χ3v) is 7.79. The minimum absolute atomic E-state index is 0.0911. The Labute approximate surface area is 208 Å². The number of aromatic nitrogens is 1. The van der Waals surface area contributed by atoms with Crippen molar-refractivity contribution in [2.75, 3.05) is 25.5 Å². The van der Waals surface area contributed by atoms with Gasteiger partial charge in [0.05, 0.1) is 30.3 Å². The number of hydrogen-bond donors (Lipinski definition) is 4. The first-order valence-electron chi connectivity index (χ1n) is 11.2. The van der Waals surface area contributed by atoms with E-state index in [4.69, 9.17) is 10.5 Å². The van der Waals surface area contributed by atoms with Gasteiger partial charge in [0.2, 0.25) is 0 Å². The molecular formula is C25H30N4O3S2. The van der Waals surface area contributed by atoms with Crippen LogP contribution in [0.4, 0.5) is 5.13 Å². The molecule has 0 amide bonds. The largest absolute Gasteiger partial charge is 0.457 e. The van der Waals surface area contributed by atoms with Crippen LogP contribution in [0.1, 0.15) is 29.5 Å². The van der Waals surface area contributed by atoms with Gasteiger partial charge in [0.25, 0.3) is 0 Å². The zero-order chi connectivity index (χ0) is 24.0. The van der Waals surface area contributed by atoms with E-state index in [9.17, 15) is 10.2 Å². The van der Waals surface area contributed by atoms with E-state index >= 15 is 0 Å². The van der Waals surface area contributed by atoms with Crippen molar-refractivity contribution in [2.24, 2.45) is 5.41 Å². The maximum Gasteiger partial charge on any atom is 0.180 e. The fourth-order valence-corrected chi connectivity index (χ4v) is 5.39. The smallest absolute Gasteiger partial charge is 0.180 e. The molecule has 1 aliphatic rings. The Morgan fingerprint density at radius 2 is 1.91 bits per heavy atom. The molecule has 0 fully saturated rings.